The van der Waals surface area contributed by atoms with Crippen LogP contribution in [0.1, 0.15) is 40.1 Å². The van der Waals surface area contributed by atoms with Gasteiger partial charge in [-0.3, -0.25) is 4.79 Å². The molecule has 0 N–H and O–H groups in total. The summed E-state index contributed by atoms with van der Waals surface area (Å²) in [6, 6.07) is 10.2. The van der Waals surface area contributed by atoms with Crippen molar-refractivity contribution in [3.05, 3.63) is 53.1 Å². The van der Waals surface area contributed by atoms with Crippen LogP contribution in [0.2, 0.25) is 0 Å². The summed E-state index contributed by atoms with van der Waals surface area (Å²) in [4.78, 5) is 23.9. The maximum atomic E-state index is 12.4. The molecule has 3 aromatic rings. The Morgan fingerprint density at radius 2 is 1.88 bits per heavy atom. The van der Waals surface area contributed by atoms with Gasteiger partial charge in [-0.25, -0.2) is 9.48 Å². The average Bonchev–Trinajstić information content (AvgIpc) is 3.07. The molecule has 0 fully saturated rings. The van der Waals surface area contributed by atoms with Crippen molar-refractivity contribution in [2.24, 2.45) is 0 Å². The number of Topliss-reactive ketones (excluding diaryl/α,β-unsaturated/α-hetero) is 1. The molecule has 0 spiro atoms. The van der Waals surface area contributed by atoms with E-state index in [0.717, 1.165) is 5.52 Å². The second kappa shape index (κ2) is 7.35. The summed E-state index contributed by atoms with van der Waals surface area (Å²) in [6.45, 7) is 4.16. The van der Waals surface area contributed by atoms with Crippen molar-refractivity contribution in [2.75, 3.05) is 7.11 Å². The Labute approximate surface area is 150 Å². The Hall–Kier alpha value is -3.22. The molecule has 0 aliphatic rings. The van der Waals surface area contributed by atoms with Gasteiger partial charge in [-0.05, 0) is 50.2 Å². The molecule has 26 heavy (non-hydrogen) atoms. The molecule has 2 aromatic carbocycles. The lowest BCUT2D eigenvalue weighted by Gasteiger charge is -2.11. The number of nitrogens with zero attached hydrogens (tertiary/aromatic N) is 3. The molecule has 0 amide bonds. The van der Waals surface area contributed by atoms with E-state index in [1.807, 2.05) is 6.92 Å². The quantitative estimate of drug-likeness (QED) is 0.500. The van der Waals surface area contributed by atoms with Gasteiger partial charge >= 0.3 is 5.97 Å². The molecule has 0 unspecified atom stereocenters. The van der Waals surface area contributed by atoms with Gasteiger partial charge in [0.1, 0.15) is 17.9 Å². The Kier molecular flexibility index (Phi) is 4.97. The van der Waals surface area contributed by atoms with Crippen LogP contribution in [-0.2, 0) is 17.9 Å². The molecule has 0 saturated heterocycles. The maximum Gasteiger partial charge on any atom is 0.338 e. The van der Waals surface area contributed by atoms with Crippen LogP contribution in [0.4, 0.5) is 0 Å². The van der Waals surface area contributed by atoms with Crippen LogP contribution in [-0.4, -0.2) is 33.9 Å². The van der Waals surface area contributed by atoms with Crippen molar-refractivity contribution >= 4 is 22.8 Å². The number of esters is 1. The third kappa shape index (κ3) is 3.42. The Balaban J connectivity index is 1.78. The van der Waals surface area contributed by atoms with E-state index >= 15 is 0 Å². The van der Waals surface area contributed by atoms with Gasteiger partial charge in [0.25, 0.3) is 0 Å². The lowest BCUT2D eigenvalue weighted by atomic mass is 10.1. The second-order valence-electron chi connectivity index (χ2n) is 5.77. The van der Waals surface area contributed by atoms with Crippen molar-refractivity contribution in [1.82, 2.24) is 15.0 Å². The summed E-state index contributed by atoms with van der Waals surface area (Å²) in [7, 11) is 1.53. The predicted octanol–water partition coefficient (Wildman–Crippen LogP) is 3.02. The number of hydrogen-bond donors (Lipinski definition) is 0. The van der Waals surface area contributed by atoms with Crippen molar-refractivity contribution in [1.29, 1.82) is 0 Å². The van der Waals surface area contributed by atoms with E-state index in [4.69, 9.17) is 9.47 Å². The molecule has 0 bridgehead atoms. The highest BCUT2D eigenvalue weighted by Crippen LogP contribution is 2.22. The molecule has 0 atom stereocenters. The number of methoxy groups -OCH3 is 1. The number of hydrogen-bond acceptors (Lipinski definition) is 6. The summed E-state index contributed by atoms with van der Waals surface area (Å²) in [5, 5.41) is 8.08. The smallest absolute Gasteiger partial charge is 0.338 e. The number of carbonyl (C=O) groups excluding carboxylic acids is 2. The number of fused-ring (bicyclic) bond motifs is 1. The minimum absolute atomic E-state index is 0.00279. The van der Waals surface area contributed by atoms with Crippen molar-refractivity contribution < 1.29 is 19.1 Å². The predicted molar refractivity (Wildman–Crippen MR) is 95.3 cm³/mol. The fourth-order valence-electron chi connectivity index (χ4n) is 2.67. The highest BCUT2D eigenvalue weighted by Gasteiger charge is 2.13. The molecule has 1 heterocycles. The number of benzene rings is 2. The van der Waals surface area contributed by atoms with Crippen LogP contribution in [0.3, 0.4) is 0 Å². The van der Waals surface area contributed by atoms with Crippen molar-refractivity contribution in [3.63, 3.8) is 0 Å². The molecule has 7 heteroatoms. The van der Waals surface area contributed by atoms with E-state index in [0.29, 0.717) is 34.5 Å². The highest BCUT2D eigenvalue weighted by molar-refractivity contribution is 5.95. The maximum absolute atomic E-state index is 12.4. The number of carbonyl (C=O) groups is 2. The van der Waals surface area contributed by atoms with Gasteiger partial charge in [0, 0.05) is 17.7 Å². The standard InChI is InChI=1S/C19H19N3O4/c1-4-22-17-7-5-14(10-16(17)20-21-22)19(24)26-11-15-9-13(12(2)23)6-8-18(15)25-3/h5-10H,4,11H2,1-3H3. The second-order valence-corrected chi connectivity index (χ2v) is 5.77. The molecular formula is C19H19N3O4. The monoisotopic (exact) mass is 353 g/mol. The minimum Gasteiger partial charge on any atom is -0.496 e. The zero-order chi connectivity index (χ0) is 18.7. The lowest BCUT2D eigenvalue weighted by molar-refractivity contribution is 0.0470. The number of ether oxygens (including phenoxy) is 2. The van der Waals surface area contributed by atoms with Crippen molar-refractivity contribution in [2.45, 2.75) is 27.0 Å². The zero-order valence-corrected chi connectivity index (χ0v) is 14.9. The van der Waals surface area contributed by atoms with E-state index < -0.39 is 5.97 Å². The molecule has 7 nitrogen and oxygen atoms in total. The highest BCUT2D eigenvalue weighted by atomic mass is 16.5. The molecule has 3 rings (SSSR count). The zero-order valence-electron chi connectivity index (χ0n) is 14.9. The summed E-state index contributed by atoms with van der Waals surface area (Å²) >= 11 is 0. The number of rotatable bonds is 6. The molecule has 0 aliphatic carbocycles. The van der Waals surface area contributed by atoms with Crippen LogP contribution in [0, 0.1) is 0 Å². The Bertz CT molecular complexity index is 978. The molecular weight excluding hydrogens is 334 g/mol. The third-order valence-electron chi connectivity index (χ3n) is 4.09. The van der Waals surface area contributed by atoms with Gasteiger partial charge in [0.2, 0.25) is 0 Å². The largest absolute Gasteiger partial charge is 0.496 e. The summed E-state index contributed by atoms with van der Waals surface area (Å²) in [6.07, 6.45) is 0. The molecule has 0 saturated carbocycles. The summed E-state index contributed by atoms with van der Waals surface area (Å²) in [5.74, 6) is 0.0158. The van der Waals surface area contributed by atoms with Gasteiger partial charge < -0.3 is 9.47 Å². The fraction of sp³-hybridized carbons (Fsp3) is 0.263. The van der Waals surface area contributed by atoms with Crippen LogP contribution in [0.25, 0.3) is 11.0 Å². The first-order chi connectivity index (χ1) is 12.5. The average molecular weight is 353 g/mol. The Morgan fingerprint density at radius 3 is 2.58 bits per heavy atom. The first-order valence-corrected chi connectivity index (χ1v) is 8.21. The molecule has 0 aliphatic heterocycles. The fourth-order valence-corrected chi connectivity index (χ4v) is 2.67. The molecule has 0 radical (unpaired) electrons. The normalized spacial score (nSPS) is 10.7. The summed E-state index contributed by atoms with van der Waals surface area (Å²) in [5.41, 5.74) is 3.06. The van der Waals surface area contributed by atoms with Crippen LogP contribution in [0.15, 0.2) is 36.4 Å². The van der Waals surface area contributed by atoms with Crippen molar-refractivity contribution in [3.8, 4) is 5.75 Å². The minimum atomic E-state index is -0.478. The first-order valence-electron chi connectivity index (χ1n) is 8.21. The SMILES string of the molecule is CCn1nnc2cc(C(=O)OCc3cc(C(C)=O)ccc3OC)ccc21. The number of aromatic nitrogens is 3. The van der Waals surface area contributed by atoms with E-state index in [2.05, 4.69) is 10.3 Å². The van der Waals surface area contributed by atoms with Gasteiger partial charge in [-0.15, -0.1) is 5.10 Å². The van der Waals surface area contributed by atoms with Gasteiger partial charge in [0.15, 0.2) is 5.78 Å². The van der Waals surface area contributed by atoms with E-state index in [1.54, 1.807) is 41.1 Å². The van der Waals surface area contributed by atoms with Gasteiger partial charge in [-0.1, -0.05) is 5.21 Å². The van der Waals surface area contributed by atoms with Crippen LogP contribution in [0.5, 0.6) is 5.75 Å². The van der Waals surface area contributed by atoms with Gasteiger partial charge in [-0.2, -0.15) is 0 Å². The van der Waals surface area contributed by atoms with Gasteiger partial charge in [0.05, 0.1) is 18.2 Å². The van der Waals surface area contributed by atoms with E-state index in [1.165, 1.54) is 14.0 Å². The third-order valence-corrected chi connectivity index (χ3v) is 4.09. The number of ketones is 1. The number of aryl methyl sites for hydroxylation is 1. The van der Waals surface area contributed by atoms with E-state index in [-0.39, 0.29) is 12.4 Å². The summed E-state index contributed by atoms with van der Waals surface area (Å²) < 4.78 is 12.4. The Morgan fingerprint density at radius 1 is 1.12 bits per heavy atom. The first kappa shape index (κ1) is 17.6. The van der Waals surface area contributed by atoms with Crippen LogP contribution < -0.4 is 4.74 Å². The molecule has 1 aromatic heterocycles. The topological polar surface area (TPSA) is 83.3 Å². The lowest BCUT2D eigenvalue weighted by Crippen LogP contribution is -2.07. The van der Waals surface area contributed by atoms with E-state index in [9.17, 15) is 9.59 Å². The van der Waals surface area contributed by atoms with Crippen LogP contribution >= 0.6 is 0 Å². The molecule has 134 valence electrons.